The summed E-state index contributed by atoms with van der Waals surface area (Å²) >= 11 is 0. The molecule has 0 saturated carbocycles. The molecule has 7 nitrogen and oxygen atoms in total. The molecule has 7 heteroatoms. The third kappa shape index (κ3) is 3.89. The molecule has 0 aromatic heterocycles. The first-order chi connectivity index (χ1) is 12.6. The number of carbonyl (C=O) groups is 1. The van der Waals surface area contributed by atoms with Crippen molar-refractivity contribution in [3.05, 3.63) is 53.6 Å². The SMILES string of the molecule is CCOC(=O)c1ccc(OC2CNNC2c2ccc(OC)cc2O)cc1. The van der Waals surface area contributed by atoms with Gasteiger partial charge in [0.15, 0.2) is 0 Å². The number of aromatic hydroxyl groups is 1. The van der Waals surface area contributed by atoms with Gasteiger partial charge in [0.25, 0.3) is 0 Å². The second-order valence-electron chi connectivity index (χ2n) is 5.83. The quantitative estimate of drug-likeness (QED) is 0.682. The minimum absolute atomic E-state index is 0.136. The van der Waals surface area contributed by atoms with Gasteiger partial charge >= 0.3 is 5.97 Å². The van der Waals surface area contributed by atoms with E-state index < -0.39 is 0 Å². The summed E-state index contributed by atoms with van der Waals surface area (Å²) in [7, 11) is 1.55. The summed E-state index contributed by atoms with van der Waals surface area (Å²) in [5.74, 6) is 0.997. The number of hydrazine groups is 1. The van der Waals surface area contributed by atoms with Crippen LogP contribution in [0.4, 0.5) is 0 Å². The van der Waals surface area contributed by atoms with Crippen molar-refractivity contribution in [2.45, 2.75) is 19.1 Å². The van der Waals surface area contributed by atoms with Gasteiger partial charge in [-0.05, 0) is 43.3 Å². The Morgan fingerprint density at radius 3 is 2.58 bits per heavy atom. The standard InChI is InChI=1S/C19H22N2O5/c1-3-25-19(23)12-4-6-13(7-5-12)26-17-11-20-21-18(17)15-9-8-14(24-2)10-16(15)22/h4-10,17-18,20-22H,3,11H2,1-2H3. The van der Waals surface area contributed by atoms with Crippen LogP contribution in [0.5, 0.6) is 17.2 Å². The number of rotatable bonds is 6. The maximum Gasteiger partial charge on any atom is 0.338 e. The lowest BCUT2D eigenvalue weighted by atomic mass is 10.0. The van der Waals surface area contributed by atoms with Crippen molar-refractivity contribution in [1.29, 1.82) is 0 Å². The van der Waals surface area contributed by atoms with Gasteiger partial charge < -0.3 is 19.3 Å². The molecule has 2 atom stereocenters. The van der Waals surface area contributed by atoms with Gasteiger partial charge in [0.1, 0.15) is 23.4 Å². The maximum absolute atomic E-state index is 11.7. The van der Waals surface area contributed by atoms with E-state index in [9.17, 15) is 9.90 Å². The first-order valence-electron chi connectivity index (χ1n) is 8.41. The number of esters is 1. The Balaban J connectivity index is 1.72. The van der Waals surface area contributed by atoms with Gasteiger partial charge in [-0.15, -0.1) is 0 Å². The van der Waals surface area contributed by atoms with Crippen molar-refractivity contribution in [2.75, 3.05) is 20.3 Å². The molecule has 1 fully saturated rings. The summed E-state index contributed by atoms with van der Waals surface area (Å²) in [6.45, 7) is 2.67. The van der Waals surface area contributed by atoms with E-state index >= 15 is 0 Å². The molecule has 3 rings (SSSR count). The molecule has 2 aromatic rings. The van der Waals surface area contributed by atoms with Crippen molar-refractivity contribution in [1.82, 2.24) is 10.9 Å². The highest BCUT2D eigenvalue weighted by Crippen LogP contribution is 2.32. The number of carbonyl (C=O) groups excluding carboxylic acids is 1. The minimum atomic E-state index is -0.357. The van der Waals surface area contributed by atoms with E-state index in [-0.39, 0.29) is 23.9 Å². The van der Waals surface area contributed by atoms with Crippen LogP contribution in [0.25, 0.3) is 0 Å². The van der Waals surface area contributed by atoms with Crippen LogP contribution in [-0.2, 0) is 4.74 Å². The van der Waals surface area contributed by atoms with E-state index in [0.717, 1.165) is 0 Å². The molecule has 138 valence electrons. The molecule has 1 aliphatic rings. The Kier molecular flexibility index (Phi) is 5.60. The zero-order valence-electron chi connectivity index (χ0n) is 14.7. The summed E-state index contributed by atoms with van der Waals surface area (Å²) in [5.41, 5.74) is 7.36. The average molecular weight is 358 g/mol. The number of phenolic OH excluding ortho intramolecular Hbond substituents is 1. The topological polar surface area (TPSA) is 89.1 Å². The van der Waals surface area contributed by atoms with Crippen LogP contribution in [0.2, 0.25) is 0 Å². The van der Waals surface area contributed by atoms with Gasteiger partial charge in [0, 0.05) is 18.2 Å². The van der Waals surface area contributed by atoms with Crippen LogP contribution in [0.15, 0.2) is 42.5 Å². The maximum atomic E-state index is 11.7. The molecule has 3 N–H and O–H groups in total. The van der Waals surface area contributed by atoms with Gasteiger partial charge in [-0.2, -0.15) is 0 Å². The van der Waals surface area contributed by atoms with E-state index in [2.05, 4.69) is 10.9 Å². The summed E-state index contributed by atoms with van der Waals surface area (Å²) in [4.78, 5) is 11.7. The Labute approximate surface area is 151 Å². The second-order valence-corrected chi connectivity index (χ2v) is 5.83. The van der Waals surface area contributed by atoms with Crippen LogP contribution in [0.3, 0.4) is 0 Å². The van der Waals surface area contributed by atoms with Gasteiger partial charge in [-0.3, -0.25) is 5.43 Å². The van der Waals surface area contributed by atoms with Crippen molar-refractivity contribution in [3.63, 3.8) is 0 Å². The number of benzene rings is 2. The molecule has 1 aliphatic heterocycles. The Bertz CT molecular complexity index is 763. The van der Waals surface area contributed by atoms with Crippen LogP contribution in [-0.4, -0.2) is 37.4 Å². The van der Waals surface area contributed by atoms with E-state index in [4.69, 9.17) is 14.2 Å². The lowest BCUT2D eigenvalue weighted by Crippen LogP contribution is -2.28. The molecule has 0 amide bonds. The minimum Gasteiger partial charge on any atom is -0.507 e. The summed E-state index contributed by atoms with van der Waals surface area (Å²) in [6, 6.07) is 11.7. The Morgan fingerprint density at radius 2 is 1.92 bits per heavy atom. The predicted molar refractivity (Wildman–Crippen MR) is 95.4 cm³/mol. The molecule has 1 heterocycles. The first-order valence-corrected chi connectivity index (χ1v) is 8.41. The summed E-state index contributed by atoms with van der Waals surface area (Å²) in [5, 5.41) is 10.3. The zero-order valence-corrected chi connectivity index (χ0v) is 14.7. The molecule has 0 aliphatic carbocycles. The number of methoxy groups -OCH3 is 1. The van der Waals surface area contributed by atoms with E-state index in [0.29, 0.717) is 35.8 Å². The molecule has 2 unspecified atom stereocenters. The second kappa shape index (κ2) is 8.07. The lowest BCUT2D eigenvalue weighted by molar-refractivity contribution is 0.0526. The number of ether oxygens (including phenoxy) is 3. The largest absolute Gasteiger partial charge is 0.507 e. The highest BCUT2D eigenvalue weighted by molar-refractivity contribution is 5.89. The monoisotopic (exact) mass is 358 g/mol. The first kappa shape index (κ1) is 18.0. The molecule has 0 spiro atoms. The van der Waals surface area contributed by atoms with Crippen molar-refractivity contribution >= 4 is 5.97 Å². The fourth-order valence-electron chi connectivity index (χ4n) is 2.84. The van der Waals surface area contributed by atoms with Gasteiger partial charge in [0.05, 0.1) is 25.3 Å². The zero-order chi connectivity index (χ0) is 18.5. The predicted octanol–water partition coefficient (Wildman–Crippen LogP) is 2.17. The van der Waals surface area contributed by atoms with Gasteiger partial charge in [-0.1, -0.05) is 0 Å². The fraction of sp³-hybridized carbons (Fsp3) is 0.316. The van der Waals surface area contributed by atoms with E-state index in [1.165, 1.54) is 0 Å². The third-order valence-electron chi connectivity index (χ3n) is 4.16. The normalized spacial score (nSPS) is 19.2. The molecule has 2 aromatic carbocycles. The van der Waals surface area contributed by atoms with Crippen molar-refractivity contribution in [3.8, 4) is 17.2 Å². The smallest absolute Gasteiger partial charge is 0.338 e. The van der Waals surface area contributed by atoms with Gasteiger partial charge in [0.2, 0.25) is 0 Å². The number of phenols is 1. The third-order valence-corrected chi connectivity index (χ3v) is 4.16. The number of hydrogen-bond donors (Lipinski definition) is 3. The van der Waals surface area contributed by atoms with Gasteiger partial charge in [-0.25, -0.2) is 10.2 Å². The summed E-state index contributed by atoms with van der Waals surface area (Å²) < 4.78 is 16.1. The molecular weight excluding hydrogens is 336 g/mol. The lowest BCUT2D eigenvalue weighted by Gasteiger charge is -2.21. The Morgan fingerprint density at radius 1 is 1.19 bits per heavy atom. The van der Waals surface area contributed by atoms with Crippen LogP contribution in [0.1, 0.15) is 28.9 Å². The molecule has 0 radical (unpaired) electrons. The molecular formula is C19H22N2O5. The fourth-order valence-corrected chi connectivity index (χ4v) is 2.84. The Hall–Kier alpha value is -2.77. The van der Waals surface area contributed by atoms with Crippen LogP contribution in [0, 0.1) is 0 Å². The molecule has 26 heavy (non-hydrogen) atoms. The van der Waals surface area contributed by atoms with Crippen molar-refractivity contribution < 1.29 is 24.1 Å². The molecule has 1 saturated heterocycles. The summed E-state index contributed by atoms with van der Waals surface area (Å²) in [6.07, 6.45) is -0.234. The highest BCUT2D eigenvalue weighted by atomic mass is 16.5. The molecule has 0 bridgehead atoms. The number of hydrogen-bond acceptors (Lipinski definition) is 7. The van der Waals surface area contributed by atoms with E-state index in [1.807, 2.05) is 0 Å². The average Bonchev–Trinajstić information content (AvgIpc) is 3.10. The van der Waals surface area contributed by atoms with E-state index in [1.54, 1.807) is 56.5 Å². The number of nitrogens with one attached hydrogen (secondary N) is 2. The van der Waals surface area contributed by atoms with Crippen LogP contribution < -0.4 is 20.3 Å². The van der Waals surface area contributed by atoms with Crippen LogP contribution >= 0.6 is 0 Å². The highest BCUT2D eigenvalue weighted by Gasteiger charge is 2.32. The van der Waals surface area contributed by atoms with Crippen molar-refractivity contribution in [2.24, 2.45) is 0 Å².